The lowest BCUT2D eigenvalue weighted by atomic mass is 10.0. The highest BCUT2D eigenvalue weighted by Gasteiger charge is 2.25. The van der Waals surface area contributed by atoms with Crippen molar-refractivity contribution in [1.29, 1.82) is 0 Å². The molecule has 10 heteroatoms. The van der Waals surface area contributed by atoms with Crippen LogP contribution in [0.2, 0.25) is 0 Å². The quantitative estimate of drug-likeness (QED) is 0.0283. The van der Waals surface area contributed by atoms with E-state index in [0.717, 1.165) is 57.8 Å². The molecule has 0 saturated heterocycles. The highest BCUT2D eigenvalue weighted by Crippen LogP contribution is 2.43. The number of hydrogen-bond donors (Lipinski definition) is 2. The standard InChI is InChI=1S/C38H72NO8P/c1-3-5-7-9-11-13-15-17-18-19-21-22-24-26-28-30-37(40)44-34-36(35-46-48(42,43)45-33-32-39)47-38(41)31-29-27-25-23-20-16-14-12-10-8-6-4-2/h11,13,17-18,36H,3-10,12,14-16,19-35,39H2,1-2H3,(H,42,43)/b13-11+,18-17+/t36-/m1/s1. The second kappa shape index (κ2) is 35.3. The summed E-state index contributed by atoms with van der Waals surface area (Å²) in [4.78, 5) is 34.7. The van der Waals surface area contributed by atoms with Crippen LogP contribution in [0.25, 0.3) is 0 Å². The van der Waals surface area contributed by atoms with Crippen LogP contribution in [0.3, 0.4) is 0 Å². The van der Waals surface area contributed by atoms with Crippen molar-refractivity contribution in [3.63, 3.8) is 0 Å². The lowest BCUT2D eigenvalue weighted by Gasteiger charge is -2.19. The molecule has 0 amide bonds. The molecule has 0 saturated carbocycles. The minimum Gasteiger partial charge on any atom is -0.462 e. The van der Waals surface area contributed by atoms with Gasteiger partial charge >= 0.3 is 19.8 Å². The normalized spacial score (nSPS) is 13.7. The predicted octanol–water partition coefficient (Wildman–Crippen LogP) is 10.4. The van der Waals surface area contributed by atoms with Crippen molar-refractivity contribution in [3.8, 4) is 0 Å². The van der Waals surface area contributed by atoms with Gasteiger partial charge in [0, 0.05) is 19.4 Å². The molecule has 0 heterocycles. The number of hydrogen-bond acceptors (Lipinski definition) is 8. The smallest absolute Gasteiger partial charge is 0.462 e. The number of carbonyl (C=O) groups excluding carboxylic acids is 2. The Balaban J connectivity index is 4.23. The van der Waals surface area contributed by atoms with Gasteiger partial charge in [0.1, 0.15) is 6.61 Å². The molecule has 0 spiro atoms. The van der Waals surface area contributed by atoms with Crippen LogP contribution in [0.4, 0.5) is 0 Å². The minimum atomic E-state index is -4.37. The molecule has 1 unspecified atom stereocenters. The summed E-state index contributed by atoms with van der Waals surface area (Å²) in [5, 5.41) is 0. The Labute approximate surface area is 293 Å². The number of esters is 2. The average Bonchev–Trinajstić information content (AvgIpc) is 3.07. The topological polar surface area (TPSA) is 134 Å². The minimum absolute atomic E-state index is 0.0527. The monoisotopic (exact) mass is 701 g/mol. The van der Waals surface area contributed by atoms with E-state index in [9.17, 15) is 19.0 Å². The Morgan fingerprint density at radius 1 is 0.625 bits per heavy atom. The molecule has 282 valence electrons. The van der Waals surface area contributed by atoms with E-state index < -0.39 is 32.5 Å². The maximum atomic E-state index is 12.5. The first-order valence-electron chi connectivity index (χ1n) is 19.3. The maximum absolute atomic E-state index is 12.5. The largest absolute Gasteiger partial charge is 0.472 e. The molecule has 0 aliphatic carbocycles. The van der Waals surface area contributed by atoms with E-state index in [0.29, 0.717) is 6.42 Å². The first-order chi connectivity index (χ1) is 23.3. The van der Waals surface area contributed by atoms with Crippen molar-refractivity contribution in [2.45, 2.75) is 180 Å². The average molecular weight is 702 g/mol. The zero-order valence-corrected chi connectivity index (χ0v) is 31.6. The number of carbonyl (C=O) groups is 2. The number of ether oxygens (including phenoxy) is 2. The highest BCUT2D eigenvalue weighted by atomic mass is 31.2. The van der Waals surface area contributed by atoms with Gasteiger partial charge in [-0.05, 0) is 44.9 Å². The van der Waals surface area contributed by atoms with Crippen molar-refractivity contribution < 1.29 is 37.6 Å². The molecule has 48 heavy (non-hydrogen) atoms. The molecule has 0 aromatic rings. The summed E-state index contributed by atoms with van der Waals surface area (Å²) in [6.07, 6.45) is 34.9. The van der Waals surface area contributed by atoms with Gasteiger partial charge in [0.2, 0.25) is 0 Å². The molecular formula is C38H72NO8P. The van der Waals surface area contributed by atoms with Gasteiger partial charge in [0.15, 0.2) is 6.10 Å². The molecular weight excluding hydrogens is 629 g/mol. The number of allylic oxidation sites excluding steroid dienone is 4. The van der Waals surface area contributed by atoms with Crippen LogP contribution in [0.1, 0.15) is 174 Å². The predicted molar refractivity (Wildman–Crippen MR) is 197 cm³/mol. The fourth-order valence-corrected chi connectivity index (χ4v) is 5.96. The van der Waals surface area contributed by atoms with Crippen molar-refractivity contribution >= 4 is 19.8 Å². The Morgan fingerprint density at radius 2 is 1.08 bits per heavy atom. The van der Waals surface area contributed by atoms with Gasteiger partial charge in [-0.25, -0.2) is 4.57 Å². The van der Waals surface area contributed by atoms with Gasteiger partial charge in [0.05, 0.1) is 13.2 Å². The van der Waals surface area contributed by atoms with Crippen LogP contribution in [0.15, 0.2) is 24.3 Å². The lowest BCUT2D eigenvalue weighted by Crippen LogP contribution is -2.29. The Hall–Kier alpha value is -1.51. The second-order valence-electron chi connectivity index (χ2n) is 12.8. The van der Waals surface area contributed by atoms with E-state index in [2.05, 4.69) is 38.2 Å². The lowest BCUT2D eigenvalue weighted by molar-refractivity contribution is -0.161. The summed E-state index contributed by atoms with van der Waals surface area (Å²) in [7, 11) is -4.37. The summed E-state index contributed by atoms with van der Waals surface area (Å²) in [6, 6.07) is 0. The summed E-state index contributed by atoms with van der Waals surface area (Å²) < 4.78 is 32.6. The zero-order chi connectivity index (χ0) is 35.4. The second-order valence-corrected chi connectivity index (χ2v) is 14.3. The third kappa shape index (κ3) is 34.4. The van der Waals surface area contributed by atoms with E-state index in [-0.39, 0.29) is 32.6 Å². The fourth-order valence-electron chi connectivity index (χ4n) is 5.19. The van der Waals surface area contributed by atoms with Crippen molar-refractivity contribution in [2.24, 2.45) is 5.73 Å². The molecule has 0 aromatic heterocycles. The van der Waals surface area contributed by atoms with Crippen LogP contribution < -0.4 is 5.73 Å². The summed E-state index contributed by atoms with van der Waals surface area (Å²) in [5.41, 5.74) is 5.33. The number of phosphoric ester groups is 1. The van der Waals surface area contributed by atoms with Crippen LogP contribution in [-0.2, 0) is 32.7 Å². The number of nitrogens with two attached hydrogens (primary N) is 1. The van der Waals surface area contributed by atoms with Crippen LogP contribution in [0, 0.1) is 0 Å². The molecule has 0 fully saturated rings. The number of phosphoric acid groups is 1. The fraction of sp³-hybridized carbons (Fsp3) is 0.842. The molecule has 0 radical (unpaired) electrons. The van der Waals surface area contributed by atoms with E-state index >= 15 is 0 Å². The van der Waals surface area contributed by atoms with Crippen molar-refractivity contribution in [1.82, 2.24) is 0 Å². The van der Waals surface area contributed by atoms with Crippen molar-refractivity contribution in [3.05, 3.63) is 24.3 Å². The molecule has 3 N–H and O–H groups in total. The van der Waals surface area contributed by atoms with Gasteiger partial charge in [-0.15, -0.1) is 0 Å². The van der Waals surface area contributed by atoms with Gasteiger partial charge in [-0.2, -0.15) is 0 Å². The highest BCUT2D eigenvalue weighted by molar-refractivity contribution is 7.47. The van der Waals surface area contributed by atoms with Gasteiger partial charge in [-0.1, -0.05) is 141 Å². The summed E-state index contributed by atoms with van der Waals surface area (Å²) in [6.45, 7) is 3.68. The Bertz CT molecular complexity index is 851. The summed E-state index contributed by atoms with van der Waals surface area (Å²) in [5.74, 6) is -0.842. The Morgan fingerprint density at radius 3 is 1.62 bits per heavy atom. The first kappa shape index (κ1) is 46.5. The third-order valence-electron chi connectivity index (χ3n) is 8.09. The molecule has 0 bridgehead atoms. The van der Waals surface area contributed by atoms with Crippen molar-refractivity contribution in [2.75, 3.05) is 26.4 Å². The van der Waals surface area contributed by atoms with Gasteiger partial charge < -0.3 is 20.1 Å². The van der Waals surface area contributed by atoms with Gasteiger partial charge in [-0.3, -0.25) is 18.6 Å². The molecule has 2 atom stereocenters. The molecule has 0 aliphatic rings. The van der Waals surface area contributed by atoms with E-state index in [1.165, 1.54) is 83.5 Å². The van der Waals surface area contributed by atoms with E-state index in [4.69, 9.17) is 24.3 Å². The number of unbranched alkanes of at least 4 members (excludes halogenated alkanes) is 19. The zero-order valence-electron chi connectivity index (χ0n) is 30.7. The first-order valence-corrected chi connectivity index (χ1v) is 20.8. The third-order valence-corrected chi connectivity index (χ3v) is 9.07. The number of rotatable bonds is 36. The molecule has 0 aromatic carbocycles. The van der Waals surface area contributed by atoms with Crippen LogP contribution >= 0.6 is 7.82 Å². The molecule has 0 rings (SSSR count). The van der Waals surface area contributed by atoms with E-state index in [1.807, 2.05) is 0 Å². The molecule has 9 nitrogen and oxygen atoms in total. The van der Waals surface area contributed by atoms with Gasteiger partial charge in [0.25, 0.3) is 0 Å². The van der Waals surface area contributed by atoms with Crippen LogP contribution in [0.5, 0.6) is 0 Å². The molecule has 0 aliphatic heterocycles. The van der Waals surface area contributed by atoms with Crippen LogP contribution in [-0.4, -0.2) is 49.3 Å². The van der Waals surface area contributed by atoms with E-state index in [1.54, 1.807) is 0 Å². The maximum Gasteiger partial charge on any atom is 0.472 e. The summed E-state index contributed by atoms with van der Waals surface area (Å²) >= 11 is 0. The SMILES string of the molecule is CCCCC/C=C/C/C=C/CCCCCCCC(=O)OC[C@H](COP(=O)(O)OCCN)OC(=O)CCCCCCCCCCCCCC. The Kier molecular flexibility index (Phi) is 34.2.